The Labute approximate surface area is 153 Å². The van der Waals surface area contributed by atoms with Crippen molar-refractivity contribution >= 4 is 16.7 Å². The van der Waals surface area contributed by atoms with Crippen molar-refractivity contribution in [2.24, 2.45) is 0 Å². The number of anilines is 1. The topological polar surface area (TPSA) is 56.1 Å². The standard InChI is InChI=1S/C19H18F3N3O2/c1-27-11-5-10-23-17-15-9-8-13(19(20,21)22)12-16(15)25(18(26)24-17)14-6-3-2-4-7-14/h2-4,6-9,12H,5,10-11H2,1H3,(H,23,24,26). The molecule has 1 heterocycles. The van der Waals surface area contributed by atoms with Gasteiger partial charge in [-0.1, -0.05) is 18.2 Å². The summed E-state index contributed by atoms with van der Waals surface area (Å²) in [5.74, 6) is 0.256. The molecule has 0 amide bonds. The average Bonchev–Trinajstić information content (AvgIpc) is 2.64. The first-order chi connectivity index (χ1) is 12.9. The van der Waals surface area contributed by atoms with E-state index in [4.69, 9.17) is 4.74 Å². The van der Waals surface area contributed by atoms with E-state index >= 15 is 0 Å². The van der Waals surface area contributed by atoms with E-state index in [2.05, 4.69) is 10.3 Å². The van der Waals surface area contributed by atoms with E-state index in [-0.39, 0.29) is 11.3 Å². The van der Waals surface area contributed by atoms with Crippen LogP contribution in [-0.4, -0.2) is 29.8 Å². The normalized spacial score (nSPS) is 11.7. The SMILES string of the molecule is COCCCNc1nc(=O)n(-c2ccccc2)c2cc(C(F)(F)F)ccc12. The molecule has 0 radical (unpaired) electrons. The highest BCUT2D eigenvalue weighted by molar-refractivity contribution is 5.90. The fourth-order valence-electron chi connectivity index (χ4n) is 2.79. The van der Waals surface area contributed by atoms with Gasteiger partial charge in [-0.15, -0.1) is 0 Å². The lowest BCUT2D eigenvalue weighted by atomic mass is 10.1. The molecule has 8 heteroatoms. The van der Waals surface area contributed by atoms with Crippen molar-refractivity contribution in [3.05, 3.63) is 64.6 Å². The number of rotatable bonds is 6. The Balaban J connectivity index is 2.19. The number of para-hydroxylation sites is 1. The first-order valence-corrected chi connectivity index (χ1v) is 8.34. The largest absolute Gasteiger partial charge is 0.416 e. The molecule has 0 saturated heterocycles. The molecule has 0 aliphatic rings. The van der Waals surface area contributed by atoms with Gasteiger partial charge in [0.15, 0.2) is 0 Å². The summed E-state index contributed by atoms with van der Waals surface area (Å²) in [4.78, 5) is 16.7. The predicted octanol–water partition coefficient (Wildman–Crippen LogP) is 3.85. The molecule has 0 unspecified atom stereocenters. The van der Waals surface area contributed by atoms with Crippen LogP contribution in [0.25, 0.3) is 16.6 Å². The van der Waals surface area contributed by atoms with Crippen molar-refractivity contribution in [1.82, 2.24) is 9.55 Å². The van der Waals surface area contributed by atoms with Crippen LogP contribution in [0.2, 0.25) is 0 Å². The highest BCUT2D eigenvalue weighted by Gasteiger charge is 2.31. The van der Waals surface area contributed by atoms with Gasteiger partial charge in [0.05, 0.1) is 16.8 Å². The number of nitrogens with zero attached hydrogens (tertiary/aromatic N) is 2. The van der Waals surface area contributed by atoms with E-state index in [0.29, 0.717) is 30.6 Å². The second-order valence-corrected chi connectivity index (χ2v) is 5.92. The van der Waals surface area contributed by atoms with Crippen molar-refractivity contribution in [2.75, 3.05) is 25.6 Å². The van der Waals surface area contributed by atoms with Gasteiger partial charge >= 0.3 is 11.9 Å². The first-order valence-electron chi connectivity index (χ1n) is 8.34. The van der Waals surface area contributed by atoms with Gasteiger partial charge in [-0.2, -0.15) is 18.2 Å². The molecule has 0 saturated carbocycles. The van der Waals surface area contributed by atoms with Crippen LogP contribution in [0.5, 0.6) is 0 Å². The number of hydrogen-bond acceptors (Lipinski definition) is 4. The summed E-state index contributed by atoms with van der Waals surface area (Å²) in [6, 6.07) is 11.8. The smallest absolute Gasteiger partial charge is 0.385 e. The zero-order chi connectivity index (χ0) is 19.4. The van der Waals surface area contributed by atoms with Gasteiger partial charge in [-0.3, -0.25) is 4.57 Å². The fourth-order valence-corrected chi connectivity index (χ4v) is 2.79. The van der Waals surface area contributed by atoms with Crippen molar-refractivity contribution in [3.8, 4) is 5.69 Å². The number of methoxy groups -OCH3 is 1. The van der Waals surface area contributed by atoms with Crippen LogP contribution in [0.3, 0.4) is 0 Å². The maximum atomic E-state index is 13.2. The van der Waals surface area contributed by atoms with E-state index < -0.39 is 17.4 Å². The summed E-state index contributed by atoms with van der Waals surface area (Å²) in [5, 5.41) is 3.45. The van der Waals surface area contributed by atoms with Crippen LogP contribution in [0, 0.1) is 0 Å². The summed E-state index contributed by atoms with van der Waals surface area (Å²) in [6.07, 6.45) is -3.84. The van der Waals surface area contributed by atoms with Crippen LogP contribution in [0.15, 0.2) is 53.3 Å². The van der Waals surface area contributed by atoms with Crippen LogP contribution < -0.4 is 11.0 Å². The van der Waals surface area contributed by atoms with Crippen molar-refractivity contribution < 1.29 is 17.9 Å². The van der Waals surface area contributed by atoms with E-state index in [1.54, 1.807) is 37.4 Å². The van der Waals surface area contributed by atoms with E-state index in [1.165, 1.54) is 10.6 Å². The van der Waals surface area contributed by atoms with Crippen molar-refractivity contribution in [2.45, 2.75) is 12.6 Å². The van der Waals surface area contributed by atoms with Crippen LogP contribution >= 0.6 is 0 Å². The number of benzene rings is 2. The molecule has 5 nitrogen and oxygen atoms in total. The van der Waals surface area contributed by atoms with Crippen LogP contribution in [0.4, 0.5) is 19.0 Å². The zero-order valence-electron chi connectivity index (χ0n) is 14.6. The average molecular weight is 377 g/mol. The van der Waals surface area contributed by atoms with Gasteiger partial charge < -0.3 is 10.1 Å². The summed E-state index contributed by atoms with van der Waals surface area (Å²) < 4.78 is 45.8. The second-order valence-electron chi connectivity index (χ2n) is 5.92. The molecule has 0 bridgehead atoms. The monoisotopic (exact) mass is 377 g/mol. The molecule has 0 aliphatic carbocycles. The summed E-state index contributed by atoms with van der Waals surface area (Å²) >= 11 is 0. The van der Waals surface area contributed by atoms with Gasteiger partial charge in [0.2, 0.25) is 0 Å². The molecule has 3 rings (SSSR count). The molecule has 3 aromatic rings. The lowest BCUT2D eigenvalue weighted by Gasteiger charge is -2.15. The van der Waals surface area contributed by atoms with Gasteiger partial charge in [0.25, 0.3) is 0 Å². The highest BCUT2D eigenvalue weighted by Crippen LogP contribution is 2.33. The second kappa shape index (κ2) is 7.79. The molecule has 1 aromatic heterocycles. The van der Waals surface area contributed by atoms with E-state index in [1.807, 2.05) is 0 Å². The molecule has 27 heavy (non-hydrogen) atoms. The molecular weight excluding hydrogens is 359 g/mol. The minimum absolute atomic E-state index is 0.144. The Bertz CT molecular complexity index is 985. The molecule has 0 fully saturated rings. The molecule has 0 atom stereocenters. The molecule has 2 aromatic carbocycles. The maximum absolute atomic E-state index is 13.2. The van der Waals surface area contributed by atoms with Gasteiger partial charge in [-0.05, 0) is 36.8 Å². The minimum atomic E-state index is -4.51. The third-order valence-electron chi connectivity index (χ3n) is 4.05. The number of nitrogens with one attached hydrogen (secondary N) is 1. The Kier molecular flexibility index (Phi) is 5.46. The molecule has 142 valence electrons. The third-order valence-corrected chi connectivity index (χ3v) is 4.05. The fraction of sp³-hybridized carbons (Fsp3) is 0.263. The number of aromatic nitrogens is 2. The Morgan fingerprint density at radius 3 is 2.56 bits per heavy atom. The summed E-state index contributed by atoms with van der Waals surface area (Å²) in [7, 11) is 1.58. The predicted molar refractivity (Wildman–Crippen MR) is 97.3 cm³/mol. The van der Waals surface area contributed by atoms with Gasteiger partial charge in [-0.25, -0.2) is 4.79 Å². The van der Waals surface area contributed by atoms with Gasteiger partial charge in [0.1, 0.15) is 5.82 Å². The number of fused-ring (bicyclic) bond motifs is 1. The third kappa shape index (κ3) is 4.11. The zero-order valence-corrected chi connectivity index (χ0v) is 14.6. The molecule has 1 N–H and O–H groups in total. The summed E-state index contributed by atoms with van der Waals surface area (Å²) in [5.41, 5.74) is -0.881. The van der Waals surface area contributed by atoms with Crippen molar-refractivity contribution in [1.29, 1.82) is 0 Å². The maximum Gasteiger partial charge on any atom is 0.416 e. The van der Waals surface area contributed by atoms with E-state index in [0.717, 1.165) is 12.1 Å². The minimum Gasteiger partial charge on any atom is -0.385 e. The van der Waals surface area contributed by atoms with E-state index in [9.17, 15) is 18.0 Å². The highest BCUT2D eigenvalue weighted by atomic mass is 19.4. The van der Waals surface area contributed by atoms with Crippen molar-refractivity contribution in [3.63, 3.8) is 0 Å². The molecule has 0 aliphatic heterocycles. The number of ether oxygens (including phenoxy) is 1. The Morgan fingerprint density at radius 2 is 1.89 bits per heavy atom. The quantitative estimate of drug-likeness (QED) is 0.663. The lowest BCUT2D eigenvalue weighted by molar-refractivity contribution is -0.137. The number of halogens is 3. The Hall–Kier alpha value is -2.87. The summed E-state index contributed by atoms with van der Waals surface area (Å²) in [6.45, 7) is 0.996. The molecule has 0 spiro atoms. The molecular formula is C19H18F3N3O2. The van der Waals surface area contributed by atoms with Gasteiger partial charge in [0, 0.05) is 25.6 Å². The van der Waals surface area contributed by atoms with Crippen LogP contribution in [0.1, 0.15) is 12.0 Å². The number of alkyl halides is 3. The lowest BCUT2D eigenvalue weighted by Crippen LogP contribution is -2.24. The number of hydrogen-bond donors (Lipinski definition) is 1. The first kappa shape index (κ1) is 18.9. The van der Waals surface area contributed by atoms with Crippen LogP contribution in [-0.2, 0) is 10.9 Å². The Morgan fingerprint density at radius 1 is 1.15 bits per heavy atom.